The molecule has 1 heterocycles. The Kier molecular flexibility index (Phi) is 6.95. The summed E-state index contributed by atoms with van der Waals surface area (Å²) < 4.78 is 19.2. The normalized spacial score (nSPS) is 12.0. The number of ether oxygens (including phenoxy) is 1. The molecule has 1 atom stereocenters. The van der Waals surface area contributed by atoms with Crippen molar-refractivity contribution in [2.24, 2.45) is 0 Å². The Morgan fingerprint density at radius 3 is 2.31 bits per heavy atom. The maximum Gasteiger partial charge on any atom is 0.355 e. The van der Waals surface area contributed by atoms with Gasteiger partial charge in [0.1, 0.15) is 11.5 Å². The standard InChI is InChI=1S/C22H27FN2O4/c1-7-29-22(28)19-13(4)18(14(5)24-19)20(26)15(6)25(12(2)3)21(27)16-10-8-9-11-17(16)23/h8-12,15,24H,7H2,1-6H3/t15-/m0/s1. The van der Waals surface area contributed by atoms with Crippen LogP contribution in [0, 0.1) is 19.7 Å². The number of hydrogen-bond donors (Lipinski definition) is 1. The summed E-state index contributed by atoms with van der Waals surface area (Å²) in [7, 11) is 0. The molecule has 1 aromatic carbocycles. The molecule has 1 N–H and O–H groups in total. The van der Waals surface area contributed by atoms with E-state index in [0.29, 0.717) is 16.8 Å². The minimum atomic E-state index is -0.856. The first-order chi connectivity index (χ1) is 13.6. The van der Waals surface area contributed by atoms with Gasteiger partial charge in [0.25, 0.3) is 5.91 Å². The zero-order valence-electron chi connectivity index (χ0n) is 17.6. The maximum atomic E-state index is 14.2. The van der Waals surface area contributed by atoms with Gasteiger partial charge in [-0.3, -0.25) is 9.59 Å². The molecule has 1 amide bonds. The highest BCUT2D eigenvalue weighted by molar-refractivity contribution is 6.07. The van der Waals surface area contributed by atoms with E-state index >= 15 is 0 Å². The van der Waals surface area contributed by atoms with Gasteiger partial charge in [0.05, 0.1) is 18.2 Å². The summed E-state index contributed by atoms with van der Waals surface area (Å²) in [6.07, 6.45) is 0. The number of amides is 1. The fourth-order valence-electron chi connectivity index (χ4n) is 3.49. The molecule has 1 aromatic heterocycles. The molecule has 2 aromatic rings. The van der Waals surface area contributed by atoms with Crippen LogP contribution in [0.15, 0.2) is 24.3 Å². The van der Waals surface area contributed by atoms with E-state index < -0.39 is 23.7 Å². The summed E-state index contributed by atoms with van der Waals surface area (Å²) in [5, 5.41) is 0. The van der Waals surface area contributed by atoms with Crippen molar-refractivity contribution in [2.75, 3.05) is 6.61 Å². The Bertz CT molecular complexity index is 933. The van der Waals surface area contributed by atoms with Crippen molar-refractivity contribution in [3.8, 4) is 0 Å². The van der Waals surface area contributed by atoms with Crippen LogP contribution in [0.4, 0.5) is 4.39 Å². The fourth-order valence-corrected chi connectivity index (χ4v) is 3.49. The number of halogens is 1. The number of esters is 1. The van der Waals surface area contributed by atoms with Gasteiger partial charge in [-0.1, -0.05) is 12.1 Å². The van der Waals surface area contributed by atoms with E-state index in [0.717, 1.165) is 0 Å². The average molecular weight is 402 g/mol. The highest BCUT2D eigenvalue weighted by Gasteiger charge is 2.33. The second-order valence-corrected chi connectivity index (χ2v) is 7.17. The molecule has 2 rings (SSSR count). The first-order valence-corrected chi connectivity index (χ1v) is 9.59. The number of ketones is 1. The summed E-state index contributed by atoms with van der Waals surface area (Å²) in [4.78, 5) is 42.7. The Morgan fingerprint density at radius 1 is 1.14 bits per heavy atom. The predicted octanol–water partition coefficient (Wildman–Crippen LogP) is 4.07. The summed E-state index contributed by atoms with van der Waals surface area (Å²) >= 11 is 0. The number of benzene rings is 1. The van der Waals surface area contributed by atoms with E-state index in [4.69, 9.17) is 4.74 Å². The summed E-state index contributed by atoms with van der Waals surface area (Å²) in [6, 6.07) is 4.49. The summed E-state index contributed by atoms with van der Waals surface area (Å²) in [6.45, 7) is 10.4. The number of nitrogens with one attached hydrogen (secondary N) is 1. The van der Waals surface area contributed by atoms with Gasteiger partial charge in [-0.2, -0.15) is 0 Å². The molecular weight excluding hydrogens is 375 g/mol. The van der Waals surface area contributed by atoms with Crippen molar-refractivity contribution in [2.45, 2.75) is 53.6 Å². The van der Waals surface area contributed by atoms with Crippen LogP contribution in [0.5, 0.6) is 0 Å². The number of nitrogens with zero attached hydrogens (tertiary/aromatic N) is 1. The zero-order valence-corrected chi connectivity index (χ0v) is 17.6. The Balaban J connectivity index is 2.42. The smallest absolute Gasteiger partial charge is 0.355 e. The SMILES string of the molecule is CCOC(=O)c1[nH]c(C)c(C(=O)[C@H](C)N(C(=O)c2ccccc2F)C(C)C)c1C. The molecule has 0 bridgehead atoms. The van der Waals surface area contributed by atoms with Gasteiger partial charge in [0.2, 0.25) is 0 Å². The lowest BCUT2D eigenvalue weighted by molar-refractivity contribution is 0.0518. The minimum Gasteiger partial charge on any atom is -0.461 e. The van der Waals surface area contributed by atoms with Crippen LogP contribution in [0.3, 0.4) is 0 Å². The van der Waals surface area contributed by atoms with E-state index in [2.05, 4.69) is 4.98 Å². The molecule has 0 aliphatic rings. The second-order valence-electron chi connectivity index (χ2n) is 7.17. The molecule has 0 saturated carbocycles. The number of carbonyl (C=O) groups is 3. The molecule has 156 valence electrons. The fraction of sp³-hybridized carbons (Fsp3) is 0.409. The molecule has 0 fully saturated rings. The van der Waals surface area contributed by atoms with Gasteiger partial charge in [-0.25, -0.2) is 9.18 Å². The van der Waals surface area contributed by atoms with Gasteiger partial charge in [0.15, 0.2) is 5.78 Å². The van der Waals surface area contributed by atoms with Crippen LogP contribution in [-0.2, 0) is 4.74 Å². The van der Waals surface area contributed by atoms with Crippen LogP contribution < -0.4 is 0 Å². The van der Waals surface area contributed by atoms with Crippen LogP contribution >= 0.6 is 0 Å². The van der Waals surface area contributed by atoms with E-state index in [1.165, 1.54) is 23.1 Å². The quantitative estimate of drug-likeness (QED) is 0.559. The summed E-state index contributed by atoms with van der Waals surface area (Å²) in [5.74, 6) is -2.06. The molecule has 0 aliphatic carbocycles. The highest BCUT2D eigenvalue weighted by Crippen LogP contribution is 2.24. The number of Topliss-reactive ketones (excluding diaryl/α,β-unsaturated/α-hetero) is 1. The van der Waals surface area contributed by atoms with E-state index in [9.17, 15) is 18.8 Å². The zero-order chi connectivity index (χ0) is 21.9. The largest absolute Gasteiger partial charge is 0.461 e. The molecule has 7 heteroatoms. The molecule has 0 spiro atoms. The van der Waals surface area contributed by atoms with E-state index in [1.807, 2.05) is 0 Å². The third-order valence-electron chi connectivity index (χ3n) is 4.86. The predicted molar refractivity (Wildman–Crippen MR) is 108 cm³/mol. The number of aromatic nitrogens is 1. The van der Waals surface area contributed by atoms with Crippen molar-refractivity contribution in [1.82, 2.24) is 9.88 Å². The lowest BCUT2D eigenvalue weighted by Gasteiger charge is -2.32. The lowest BCUT2D eigenvalue weighted by Crippen LogP contribution is -2.47. The summed E-state index contributed by atoms with van der Waals surface area (Å²) in [5.41, 5.74) is 1.46. The molecule has 0 unspecified atom stereocenters. The van der Waals surface area contributed by atoms with Crippen molar-refractivity contribution in [3.63, 3.8) is 0 Å². The molecule has 0 aliphatic heterocycles. The average Bonchev–Trinajstić information content (AvgIpc) is 2.95. The van der Waals surface area contributed by atoms with Gasteiger partial charge in [-0.05, 0) is 59.2 Å². The first-order valence-electron chi connectivity index (χ1n) is 9.59. The third-order valence-corrected chi connectivity index (χ3v) is 4.86. The number of aryl methyl sites for hydroxylation is 1. The van der Waals surface area contributed by atoms with Gasteiger partial charge >= 0.3 is 5.97 Å². The Labute approximate surface area is 170 Å². The Hall–Kier alpha value is -2.96. The molecule has 6 nitrogen and oxygen atoms in total. The van der Waals surface area contributed by atoms with Crippen LogP contribution in [-0.4, -0.2) is 46.2 Å². The molecular formula is C22H27FN2O4. The molecule has 0 saturated heterocycles. The Morgan fingerprint density at radius 2 is 1.76 bits per heavy atom. The van der Waals surface area contributed by atoms with Crippen LogP contribution in [0.2, 0.25) is 0 Å². The number of carbonyl (C=O) groups excluding carboxylic acids is 3. The topological polar surface area (TPSA) is 79.5 Å². The van der Waals surface area contributed by atoms with Gasteiger partial charge in [-0.15, -0.1) is 0 Å². The number of aromatic amines is 1. The van der Waals surface area contributed by atoms with Crippen molar-refractivity contribution >= 4 is 17.7 Å². The maximum absolute atomic E-state index is 14.2. The third kappa shape index (κ3) is 4.39. The van der Waals surface area contributed by atoms with E-state index in [-0.39, 0.29) is 29.7 Å². The number of hydrogen-bond acceptors (Lipinski definition) is 4. The van der Waals surface area contributed by atoms with Crippen molar-refractivity contribution in [1.29, 1.82) is 0 Å². The van der Waals surface area contributed by atoms with Crippen LogP contribution in [0.25, 0.3) is 0 Å². The van der Waals surface area contributed by atoms with Gasteiger partial charge in [0, 0.05) is 17.3 Å². The first kappa shape index (κ1) is 22.3. The van der Waals surface area contributed by atoms with Crippen molar-refractivity contribution in [3.05, 3.63) is 58.2 Å². The molecule has 0 radical (unpaired) electrons. The number of H-pyrrole nitrogens is 1. The second kappa shape index (κ2) is 9.03. The monoisotopic (exact) mass is 402 g/mol. The minimum absolute atomic E-state index is 0.0874. The van der Waals surface area contributed by atoms with Crippen LogP contribution in [0.1, 0.15) is 70.2 Å². The van der Waals surface area contributed by atoms with Gasteiger partial charge < -0.3 is 14.6 Å². The van der Waals surface area contributed by atoms with E-state index in [1.54, 1.807) is 47.6 Å². The van der Waals surface area contributed by atoms with Crippen molar-refractivity contribution < 1.29 is 23.5 Å². The lowest BCUT2D eigenvalue weighted by atomic mass is 9.98. The molecule has 29 heavy (non-hydrogen) atoms. The highest BCUT2D eigenvalue weighted by atomic mass is 19.1. The number of rotatable bonds is 7.